The first-order valence-electron chi connectivity index (χ1n) is 10.3. The predicted molar refractivity (Wildman–Crippen MR) is 112 cm³/mol. The number of aromatic nitrogens is 1. The lowest BCUT2D eigenvalue weighted by atomic mass is 9.86. The Kier molecular flexibility index (Phi) is 8.12. The fourth-order valence-electron chi connectivity index (χ4n) is 3.52. The highest BCUT2D eigenvalue weighted by atomic mass is 35.5. The van der Waals surface area contributed by atoms with Gasteiger partial charge in [-0.1, -0.05) is 11.6 Å². The molecule has 1 aliphatic carbocycles. The zero-order valence-corrected chi connectivity index (χ0v) is 18.2. The highest BCUT2D eigenvalue weighted by molar-refractivity contribution is 6.30. The summed E-state index contributed by atoms with van der Waals surface area (Å²) in [6.45, 7) is 0.116. The highest BCUT2D eigenvalue weighted by Crippen LogP contribution is 2.28. The van der Waals surface area contributed by atoms with Crippen molar-refractivity contribution in [3.05, 3.63) is 58.6 Å². The molecule has 2 aromatic rings. The van der Waals surface area contributed by atoms with Crippen LogP contribution < -0.4 is 15.4 Å². The van der Waals surface area contributed by atoms with E-state index in [0.29, 0.717) is 25.6 Å². The van der Waals surface area contributed by atoms with Gasteiger partial charge in [-0.05, 0) is 55.9 Å². The number of pyridine rings is 1. The number of halogens is 5. The Bertz CT molecular complexity index is 978. The zero-order chi connectivity index (χ0) is 24.0. The monoisotopic (exact) mass is 487 g/mol. The van der Waals surface area contributed by atoms with E-state index >= 15 is 0 Å². The Balaban J connectivity index is 1.36. The molecule has 2 amide bonds. The fraction of sp³-hybridized carbons (Fsp3) is 0.409. The van der Waals surface area contributed by atoms with Crippen LogP contribution >= 0.6 is 11.6 Å². The van der Waals surface area contributed by atoms with Gasteiger partial charge in [0, 0.05) is 24.8 Å². The van der Waals surface area contributed by atoms with Gasteiger partial charge in [0.15, 0.2) is 6.61 Å². The summed E-state index contributed by atoms with van der Waals surface area (Å²) in [7, 11) is 0. The molecule has 0 saturated heterocycles. The average molecular weight is 488 g/mol. The van der Waals surface area contributed by atoms with Crippen molar-refractivity contribution < 1.29 is 31.9 Å². The first-order chi connectivity index (χ1) is 15.6. The van der Waals surface area contributed by atoms with Crippen molar-refractivity contribution >= 4 is 23.4 Å². The van der Waals surface area contributed by atoms with Crippen LogP contribution in [0.4, 0.5) is 17.6 Å². The topological polar surface area (TPSA) is 80.3 Å². The van der Waals surface area contributed by atoms with Gasteiger partial charge in [0.2, 0.25) is 0 Å². The van der Waals surface area contributed by atoms with Crippen molar-refractivity contribution in [1.29, 1.82) is 0 Å². The summed E-state index contributed by atoms with van der Waals surface area (Å²) in [5, 5.41) is 5.54. The average Bonchev–Trinajstić information content (AvgIpc) is 2.78. The van der Waals surface area contributed by atoms with Crippen LogP contribution in [0.1, 0.15) is 41.7 Å². The van der Waals surface area contributed by atoms with Gasteiger partial charge >= 0.3 is 6.18 Å². The van der Waals surface area contributed by atoms with Crippen LogP contribution in [0.15, 0.2) is 36.5 Å². The van der Waals surface area contributed by atoms with Gasteiger partial charge in [0.25, 0.3) is 11.8 Å². The van der Waals surface area contributed by atoms with E-state index < -0.39 is 23.5 Å². The van der Waals surface area contributed by atoms with Gasteiger partial charge in [0.1, 0.15) is 17.3 Å². The van der Waals surface area contributed by atoms with E-state index in [1.54, 1.807) is 0 Å². The van der Waals surface area contributed by atoms with Crippen molar-refractivity contribution in [2.45, 2.75) is 37.9 Å². The molecule has 1 saturated carbocycles. The van der Waals surface area contributed by atoms with Crippen molar-refractivity contribution in [3.8, 4) is 5.75 Å². The summed E-state index contributed by atoms with van der Waals surface area (Å²) in [4.78, 5) is 27.8. The van der Waals surface area contributed by atoms with Gasteiger partial charge < -0.3 is 15.4 Å². The minimum Gasteiger partial charge on any atom is -0.484 e. The zero-order valence-electron chi connectivity index (χ0n) is 17.4. The van der Waals surface area contributed by atoms with Crippen molar-refractivity contribution in [3.63, 3.8) is 0 Å². The molecule has 1 fully saturated rings. The third kappa shape index (κ3) is 7.31. The van der Waals surface area contributed by atoms with Crippen LogP contribution in [-0.4, -0.2) is 36.0 Å². The Morgan fingerprint density at radius 3 is 2.45 bits per heavy atom. The van der Waals surface area contributed by atoms with Gasteiger partial charge in [0.05, 0.1) is 10.6 Å². The van der Waals surface area contributed by atoms with Gasteiger partial charge in [-0.15, -0.1) is 0 Å². The van der Waals surface area contributed by atoms with Crippen LogP contribution in [0.3, 0.4) is 0 Å². The number of rotatable bonds is 7. The molecule has 2 N–H and O–H groups in total. The van der Waals surface area contributed by atoms with E-state index in [0.717, 1.165) is 31.0 Å². The molecule has 1 heterocycles. The normalized spacial score (nSPS) is 18.5. The molecule has 178 valence electrons. The number of carbonyl (C=O) groups excluding carboxylic acids is 2. The molecule has 0 aliphatic heterocycles. The lowest BCUT2D eigenvalue weighted by Crippen LogP contribution is -2.41. The second-order valence-corrected chi connectivity index (χ2v) is 8.20. The maximum atomic E-state index is 13.4. The van der Waals surface area contributed by atoms with Crippen molar-refractivity contribution in [2.24, 2.45) is 5.92 Å². The van der Waals surface area contributed by atoms with Gasteiger partial charge in [-0.25, -0.2) is 4.39 Å². The molecular weight excluding hydrogens is 466 g/mol. The lowest BCUT2D eigenvalue weighted by molar-refractivity contribution is -0.137. The maximum absolute atomic E-state index is 13.4. The predicted octanol–water partition coefficient (Wildman–Crippen LogP) is 4.38. The number of hydrogen-bond acceptors (Lipinski definition) is 4. The number of carbonyl (C=O) groups is 2. The maximum Gasteiger partial charge on any atom is 0.417 e. The lowest BCUT2D eigenvalue weighted by Gasteiger charge is -2.29. The number of ether oxygens (including phenoxy) is 1. The van der Waals surface area contributed by atoms with Crippen LogP contribution in [0.2, 0.25) is 5.02 Å². The summed E-state index contributed by atoms with van der Waals surface area (Å²) >= 11 is 5.60. The number of alkyl halides is 3. The molecule has 0 radical (unpaired) electrons. The standard InChI is InChI=1S/C22H22ClF4N3O3/c23-17-7-6-16(9-18(17)24)33-12-20(31)30-15-4-1-13(2-5-15)10-29-21(32)19-8-3-14(11-28-19)22(25,26)27/h3,6-9,11,13,15H,1-2,4-5,10,12H2,(H,29,32)(H,30,31). The number of benzene rings is 1. The third-order valence-corrected chi connectivity index (χ3v) is 5.65. The van der Waals surface area contributed by atoms with Crippen LogP contribution in [0.5, 0.6) is 5.75 Å². The van der Waals surface area contributed by atoms with E-state index in [2.05, 4.69) is 15.6 Å². The largest absolute Gasteiger partial charge is 0.484 e. The highest BCUT2D eigenvalue weighted by Gasteiger charge is 2.31. The summed E-state index contributed by atoms with van der Waals surface area (Å²) in [6.07, 6.45) is -0.934. The molecule has 0 bridgehead atoms. The third-order valence-electron chi connectivity index (χ3n) is 5.35. The molecule has 1 aromatic carbocycles. The Labute approximate surface area is 192 Å². The molecule has 33 heavy (non-hydrogen) atoms. The van der Waals surface area contributed by atoms with E-state index in [1.807, 2.05) is 0 Å². The quantitative estimate of drug-likeness (QED) is 0.568. The Morgan fingerprint density at radius 1 is 1.12 bits per heavy atom. The van der Waals surface area contributed by atoms with Crippen molar-refractivity contribution in [2.75, 3.05) is 13.2 Å². The molecule has 0 spiro atoms. The summed E-state index contributed by atoms with van der Waals surface area (Å²) in [5.41, 5.74) is -0.991. The van der Waals surface area contributed by atoms with Crippen LogP contribution in [0.25, 0.3) is 0 Å². The second-order valence-electron chi connectivity index (χ2n) is 7.79. The smallest absolute Gasteiger partial charge is 0.417 e. The first-order valence-corrected chi connectivity index (χ1v) is 10.7. The molecule has 3 rings (SSSR count). The van der Waals surface area contributed by atoms with Gasteiger partial charge in [-0.2, -0.15) is 13.2 Å². The summed E-state index contributed by atoms with van der Waals surface area (Å²) in [5.74, 6) is -1.10. The minimum atomic E-state index is -4.50. The number of hydrogen-bond donors (Lipinski definition) is 2. The first kappa shape index (κ1) is 24.8. The molecule has 6 nitrogen and oxygen atoms in total. The molecule has 1 aromatic heterocycles. The van der Waals surface area contributed by atoms with E-state index in [4.69, 9.17) is 16.3 Å². The SMILES string of the molecule is O=C(COc1ccc(Cl)c(F)c1)NC1CCC(CNC(=O)c2ccc(C(F)(F)F)cn2)CC1. The fourth-order valence-corrected chi connectivity index (χ4v) is 3.64. The Hall–Kier alpha value is -2.88. The number of nitrogens with one attached hydrogen (secondary N) is 2. The van der Waals surface area contributed by atoms with E-state index in [-0.39, 0.29) is 40.9 Å². The van der Waals surface area contributed by atoms with Crippen LogP contribution in [-0.2, 0) is 11.0 Å². The molecule has 11 heteroatoms. The minimum absolute atomic E-state index is 0.0321. The number of nitrogens with zero attached hydrogens (tertiary/aromatic N) is 1. The van der Waals surface area contributed by atoms with E-state index in [9.17, 15) is 27.2 Å². The van der Waals surface area contributed by atoms with Crippen LogP contribution in [0, 0.1) is 11.7 Å². The molecule has 0 unspecified atom stereocenters. The molecule has 0 atom stereocenters. The van der Waals surface area contributed by atoms with E-state index in [1.165, 1.54) is 12.1 Å². The number of amides is 2. The summed E-state index contributed by atoms with van der Waals surface area (Å²) < 4.78 is 56.4. The van der Waals surface area contributed by atoms with Gasteiger partial charge in [-0.3, -0.25) is 14.6 Å². The van der Waals surface area contributed by atoms with Crippen molar-refractivity contribution in [1.82, 2.24) is 15.6 Å². The Morgan fingerprint density at radius 2 is 1.85 bits per heavy atom. The molecule has 1 aliphatic rings. The second kappa shape index (κ2) is 10.8. The molecular formula is C22H22ClF4N3O3. The summed E-state index contributed by atoms with van der Waals surface area (Å²) in [6, 6.07) is 5.76.